The first kappa shape index (κ1) is 9.45. The average molecular weight is 212 g/mol. The molecular formula is C9H10ClN3O. The number of aliphatic hydroxyl groups is 1. The van der Waals surface area contributed by atoms with E-state index >= 15 is 0 Å². The predicted molar refractivity (Wildman–Crippen MR) is 55.1 cm³/mol. The topological polar surface area (TPSA) is 74.9 Å². The highest BCUT2D eigenvalue weighted by molar-refractivity contribution is 6.35. The molecule has 0 fully saturated rings. The van der Waals surface area contributed by atoms with Gasteiger partial charge >= 0.3 is 0 Å². The molecule has 14 heavy (non-hydrogen) atoms. The minimum absolute atomic E-state index is 0.0975. The standard InChI is InChI=1S/C9H10ClN3O/c10-7-2-5(8(11)4-14)1-6-3-12-13-9(6)7/h1-3,8,14H,4,11H2,(H,12,13). The van der Waals surface area contributed by atoms with Crippen molar-refractivity contribution in [2.45, 2.75) is 6.04 Å². The summed E-state index contributed by atoms with van der Waals surface area (Å²) in [5.41, 5.74) is 7.29. The van der Waals surface area contributed by atoms with Gasteiger partial charge in [0.2, 0.25) is 0 Å². The van der Waals surface area contributed by atoms with E-state index in [1.165, 1.54) is 0 Å². The number of rotatable bonds is 2. The molecule has 1 atom stereocenters. The number of hydrogen-bond donors (Lipinski definition) is 3. The maximum Gasteiger partial charge on any atom is 0.0836 e. The molecule has 0 aliphatic carbocycles. The molecule has 0 aliphatic rings. The van der Waals surface area contributed by atoms with Crippen LogP contribution in [0.3, 0.4) is 0 Å². The Balaban J connectivity index is 2.58. The predicted octanol–water partition coefficient (Wildman–Crippen LogP) is 1.21. The fraction of sp³-hybridized carbons (Fsp3) is 0.222. The minimum atomic E-state index is -0.396. The van der Waals surface area contributed by atoms with Crippen molar-refractivity contribution in [1.29, 1.82) is 0 Å². The van der Waals surface area contributed by atoms with Gasteiger partial charge in [0, 0.05) is 5.39 Å². The van der Waals surface area contributed by atoms with E-state index in [1.54, 1.807) is 12.3 Å². The fourth-order valence-corrected chi connectivity index (χ4v) is 1.63. The van der Waals surface area contributed by atoms with Crippen LogP contribution in [0.1, 0.15) is 11.6 Å². The summed E-state index contributed by atoms with van der Waals surface area (Å²) >= 11 is 6.00. The largest absolute Gasteiger partial charge is 0.394 e. The summed E-state index contributed by atoms with van der Waals surface area (Å²) in [5.74, 6) is 0. The molecule has 1 aromatic heterocycles. The van der Waals surface area contributed by atoms with Gasteiger partial charge in [-0.1, -0.05) is 11.6 Å². The lowest BCUT2D eigenvalue weighted by Crippen LogP contribution is -2.14. The summed E-state index contributed by atoms with van der Waals surface area (Å²) < 4.78 is 0. The van der Waals surface area contributed by atoms with Crippen LogP contribution in [0.5, 0.6) is 0 Å². The molecule has 4 nitrogen and oxygen atoms in total. The number of aromatic amines is 1. The molecule has 0 bridgehead atoms. The highest BCUT2D eigenvalue weighted by Gasteiger charge is 2.09. The second kappa shape index (κ2) is 3.57. The zero-order chi connectivity index (χ0) is 10.1. The SMILES string of the molecule is NC(CO)c1cc(Cl)c2[nH]ncc2c1. The van der Waals surface area contributed by atoms with Crippen molar-refractivity contribution < 1.29 is 5.11 Å². The lowest BCUT2D eigenvalue weighted by Gasteiger charge is -2.08. The quantitative estimate of drug-likeness (QED) is 0.699. The lowest BCUT2D eigenvalue weighted by atomic mass is 10.1. The molecule has 5 heteroatoms. The Bertz CT molecular complexity index is 454. The van der Waals surface area contributed by atoms with Crippen LogP contribution in [0, 0.1) is 0 Å². The molecule has 4 N–H and O–H groups in total. The van der Waals surface area contributed by atoms with E-state index in [9.17, 15) is 0 Å². The molecule has 1 aromatic carbocycles. The lowest BCUT2D eigenvalue weighted by molar-refractivity contribution is 0.268. The smallest absolute Gasteiger partial charge is 0.0836 e. The molecule has 0 saturated carbocycles. The van der Waals surface area contributed by atoms with Gasteiger partial charge < -0.3 is 10.8 Å². The Kier molecular flexibility index (Phi) is 2.41. The fourth-order valence-electron chi connectivity index (χ4n) is 1.36. The second-order valence-electron chi connectivity index (χ2n) is 3.13. The first-order chi connectivity index (χ1) is 6.72. The number of nitrogens with two attached hydrogens (primary N) is 1. The summed E-state index contributed by atoms with van der Waals surface area (Å²) in [5, 5.41) is 17.0. The number of aliphatic hydroxyl groups excluding tert-OH is 1. The summed E-state index contributed by atoms with van der Waals surface area (Å²) in [6.45, 7) is -0.0975. The van der Waals surface area contributed by atoms with E-state index in [0.29, 0.717) is 5.02 Å². The average Bonchev–Trinajstić information content (AvgIpc) is 2.64. The third-order valence-corrected chi connectivity index (χ3v) is 2.45. The maximum atomic E-state index is 8.91. The zero-order valence-electron chi connectivity index (χ0n) is 7.37. The van der Waals surface area contributed by atoms with E-state index in [4.69, 9.17) is 22.4 Å². The molecule has 1 unspecified atom stereocenters. The molecule has 0 radical (unpaired) electrons. The van der Waals surface area contributed by atoms with Crippen molar-refractivity contribution in [3.05, 3.63) is 28.9 Å². The zero-order valence-corrected chi connectivity index (χ0v) is 8.12. The Hall–Kier alpha value is -1.10. The summed E-state index contributed by atoms with van der Waals surface area (Å²) in [6.07, 6.45) is 1.68. The number of nitrogens with zero attached hydrogens (tertiary/aromatic N) is 1. The number of fused-ring (bicyclic) bond motifs is 1. The number of nitrogens with one attached hydrogen (secondary N) is 1. The number of aromatic nitrogens is 2. The molecule has 74 valence electrons. The number of benzene rings is 1. The van der Waals surface area contributed by atoms with E-state index in [1.807, 2.05) is 6.07 Å². The third kappa shape index (κ3) is 1.48. The molecule has 2 rings (SSSR count). The molecular weight excluding hydrogens is 202 g/mol. The van der Waals surface area contributed by atoms with Crippen LogP contribution < -0.4 is 5.73 Å². The normalized spacial score (nSPS) is 13.4. The Morgan fingerprint density at radius 3 is 3.07 bits per heavy atom. The Labute approximate surface area is 85.7 Å². The number of halogens is 1. The highest BCUT2D eigenvalue weighted by Crippen LogP contribution is 2.25. The molecule has 0 amide bonds. The Morgan fingerprint density at radius 1 is 1.57 bits per heavy atom. The van der Waals surface area contributed by atoms with Crippen molar-refractivity contribution in [1.82, 2.24) is 10.2 Å². The van der Waals surface area contributed by atoms with Crippen molar-refractivity contribution in [3.8, 4) is 0 Å². The monoisotopic (exact) mass is 211 g/mol. The van der Waals surface area contributed by atoms with E-state index in [-0.39, 0.29) is 6.61 Å². The first-order valence-corrected chi connectivity index (χ1v) is 4.59. The van der Waals surface area contributed by atoms with Gasteiger partial charge in [-0.05, 0) is 17.7 Å². The maximum absolute atomic E-state index is 8.91. The van der Waals surface area contributed by atoms with Crippen LogP contribution in [-0.4, -0.2) is 21.9 Å². The number of hydrogen-bond acceptors (Lipinski definition) is 3. The van der Waals surface area contributed by atoms with Gasteiger partial charge in [-0.3, -0.25) is 5.10 Å². The van der Waals surface area contributed by atoms with Gasteiger partial charge in [-0.2, -0.15) is 5.10 Å². The Morgan fingerprint density at radius 2 is 2.36 bits per heavy atom. The van der Waals surface area contributed by atoms with Gasteiger partial charge in [-0.15, -0.1) is 0 Å². The van der Waals surface area contributed by atoms with Gasteiger partial charge in [-0.25, -0.2) is 0 Å². The third-order valence-electron chi connectivity index (χ3n) is 2.15. The van der Waals surface area contributed by atoms with Gasteiger partial charge in [0.1, 0.15) is 0 Å². The van der Waals surface area contributed by atoms with Gasteiger partial charge in [0.05, 0.1) is 29.4 Å². The van der Waals surface area contributed by atoms with E-state index in [0.717, 1.165) is 16.5 Å². The van der Waals surface area contributed by atoms with Crippen LogP contribution in [0.25, 0.3) is 10.9 Å². The van der Waals surface area contributed by atoms with Crippen LogP contribution in [0.2, 0.25) is 5.02 Å². The van der Waals surface area contributed by atoms with Crippen LogP contribution in [-0.2, 0) is 0 Å². The minimum Gasteiger partial charge on any atom is -0.394 e. The van der Waals surface area contributed by atoms with Crippen molar-refractivity contribution in [3.63, 3.8) is 0 Å². The van der Waals surface area contributed by atoms with Gasteiger partial charge in [0.15, 0.2) is 0 Å². The van der Waals surface area contributed by atoms with E-state index in [2.05, 4.69) is 10.2 Å². The van der Waals surface area contributed by atoms with Crippen molar-refractivity contribution in [2.75, 3.05) is 6.61 Å². The molecule has 1 heterocycles. The summed E-state index contributed by atoms with van der Waals surface area (Å²) in [7, 11) is 0. The molecule has 0 saturated heterocycles. The summed E-state index contributed by atoms with van der Waals surface area (Å²) in [4.78, 5) is 0. The number of H-pyrrole nitrogens is 1. The second-order valence-corrected chi connectivity index (χ2v) is 3.53. The van der Waals surface area contributed by atoms with Crippen molar-refractivity contribution in [2.24, 2.45) is 5.73 Å². The van der Waals surface area contributed by atoms with E-state index < -0.39 is 6.04 Å². The van der Waals surface area contributed by atoms with Crippen LogP contribution in [0.4, 0.5) is 0 Å². The molecule has 0 spiro atoms. The van der Waals surface area contributed by atoms with Gasteiger partial charge in [0.25, 0.3) is 0 Å². The van der Waals surface area contributed by atoms with Crippen molar-refractivity contribution >= 4 is 22.5 Å². The molecule has 0 aliphatic heterocycles. The van der Waals surface area contributed by atoms with Crippen LogP contribution in [0.15, 0.2) is 18.3 Å². The first-order valence-electron chi connectivity index (χ1n) is 4.21. The highest BCUT2D eigenvalue weighted by atomic mass is 35.5. The molecule has 2 aromatic rings. The van der Waals surface area contributed by atoms with Crippen LogP contribution >= 0.6 is 11.6 Å². The summed E-state index contributed by atoms with van der Waals surface area (Å²) in [6, 6.07) is 3.21.